The molecule has 4 aromatic rings. The third-order valence-electron chi connectivity index (χ3n) is 6.84. The number of benzene rings is 4. The lowest BCUT2D eigenvalue weighted by Crippen LogP contribution is -2.54. The highest BCUT2D eigenvalue weighted by Gasteiger charge is 2.37. The fourth-order valence-corrected chi connectivity index (χ4v) is 6.22. The third kappa shape index (κ3) is 7.41. The van der Waals surface area contributed by atoms with Gasteiger partial charge in [-0.05, 0) is 110 Å². The van der Waals surface area contributed by atoms with Crippen molar-refractivity contribution in [3.63, 3.8) is 0 Å². The summed E-state index contributed by atoms with van der Waals surface area (Å²) in [5.41, 5.74) is 3.05. The number of amides is 4. The van der Waals surface area contributed by atoms with Gasteiger partial charge in [-0.25, -0.2) is 9.69 Å². The summed E-state index contributed by atoms with van der Waals surface area (Å²) < 4.78 is 19.1. The van der Waals surface area contributed by atoms with E-state index in [2.05, 4.69) is 37.2 Å². The van der Waals surface area contributed by atoms with Crippen molar-refractivity contribution in [2.75, 3.05) is 11.5 Å². The van der Waals surface area contributed by atoms with Crippen LogP contribution in [0, 0.1) is 6.92 Å². The molecule has 0 saturated carbocycles. The third-order valence-corrected chi connectivity index (χ3v) is 8.43. The number of imide groups is 2. The first-order chi connectivity index (χ1) is 21.7. The van der Waals surface area contributed by atoms with E-state index in [0.717, 1.165) is 16.0 Å². The molecule has 4 amide bonds. The average molecular weight is 755 g/mol. The van der Waals surface area contributed by atoms with Crippen molar-refractivity contribution in [2.45, 2.75) is 27.1 Å². The molecule has 5 rings (SSSR count). The Morgan fingerprint density at radius 1 is 0.822 bits per heavy atom. The van der Waals surface area contributed by atoms with Gasteiger partial charge in [-0.2, -0.15) is 0 Å². The van der Waals surface area contributed by atoms with Gasteiger partial charge in [0.25, 0.3) is 11.8 Å². The Balaban J connectivity index is 1.33. The lowest BCUT2D eigenvalue weighted by atomic mass is 10.1. The second kappa shape index (κ2) is 14.3. The molecule has 0 atom stereocenters. The first kappa shape index (κ1) is 32.3. The summed E-state index contributed by atoms with van der Waals surface area (Å²) >= 11 is 13.3. The van der Waals surface area contributed by atoms with Gasteiger partial charge < -0.3 is 14.2 Å². The predicted octanol–water partition coefficient (Wildman–Crippen LogP) is 8.40. The molecule has 1 saturated heterocycles. The Kier molecular flexibility index (Phi) is 10.3. The van der Waals surface area contributed by atoms with E-state index in [1.54, 1.807) is 37.3 Å². The van der Waals surface area contributed by atoms with Crippen LogP contribution in [0.25, 0.3) is 6.08 Å². The summed E-state index contributed by atoms with van der Waals surface area (Å²) in [6.07, 6.45) is 1.42. The fraction of sp³-hybridized carbons (Fsp3) is 0.147. The molecule has 45 heavy (non-hydrogen) atoms. The van der Waals surface area contributed by atoms with Crippen LogP contribution < -0.4 is 24.4 Å². The molecule has 1 aliphatic heterocycles. The number of carbonyl (C=O) groups is 3. The largest absolute Gasteiger partial charge is 0.490 e. The number of nitrogens with one attached hydrogen (secondary N) is 1. The predicted molar refractivity (Wildman–Crippen MR) is 180 cm³/mol. The molecule has 0 unspecified atom stereocenters. The minimum absolute atomic E-state index is 0.209. The first-order valence-electron chi connectivity index (χ1n) is 13.9. The number of ether oxygens (including phenoxy) is 3. The molecule has 8 nitrogen and oxygen atoms in total. The normalized spacial score (nSPS) is 14.0. The zero-order chi connectivity index (χ0) is 32.1. The Morgan fingerprint density at radius 2 is 1.53 bits per heavy atom. The second-order valence-corrected chi connectivity index (χ2v) is 12.0. The van der Waals surface area contributed by atoms with Crippen molar-refractivity contribution >= 4 is 73.1 Å². The zero-order valence-corrected chi connectivity index (χ0v) is 28.2. The number of urea groups is 1. The average Bonchev–Trinajstić information content (AvgIpc) is 3.01. The van der Waals surface area contributed by atoms with Crippen molar-refractivity contribution in [2.24, 2.45) is 0 Å². The summed E-state index contributed by atoms with van der Waals surface area (Å²) in [5, 5.41) is 2.63. The molecule has 0 spiro atoms. The number of barbiturate groups is 1. The molecular formula is C34H27Br2ClN2O6. The van der Waals surface area contributed by atoms with Crippen molar-refractivity contribution in [3.05, 3.63) is 121 Å². The molecule has 1 aliphatic rings. The van der Waals surface area contributed by atoms with Crippen LogP contribution in [-0.4, -0.2) is 24.5 Å². The van der Waals surface area contributed by atoms with Crippen molar-refractivity contribution in [3.8, 4) is 17.2 Å². The minimum atomic E-state index is -0.845. The summed E-state index contributed by atoms with van der Waals surface area (Å²) in [7, 11) is 0. The van der Waals surface area contributed by atoms with Gasteiger partial charge in [0.05, 0.1) is 21.2 Å². The van der Waals surface area contributed by atoms with Crippen LogP contribution >= 0.6 is 43.5 Å². The highest BCUT2D eigenvalue weighted by atomic mass is 79.9. The van der Waals surface area contributed by atoms with Gasteiger partial charge in [-0.3, -0.25) is 14.9 Å². The summed E-state index contributed by atoms with van der Waals surface area (Å²) in [6.45, 7) is 4.73. The van der Waals surface area contributed by atoms with Gasteiger partial charge in [0, 0.05) is 5.02 Å². The van der Waals surface area contributed by atoms with E-state index < -0.39 is 17.8 Å². The summed E-state index contributed by atoms with van der Waals surface area (Å²) in [5.74, 6) is 0.213. The van der Waals surface area contributed by atoms with Crippen molar-refractivity contribution in [1.82, 2.24) is 5.32 Å². The van der Waals surface area contributed by atoms with Crippen LogP contribution in [0.3, 0.4) is 0 Å². The molecule has 0 radical (unpaired) electrons. The molecule has 230 valence electrons. The maximum Gasteiger partial charge on any atom is 0.335 e. The highest BCUT2D eigenvalue weighted by molar-refractivity contribution is 9.11. The van der Waals surface area contributed by atoms with Gasteiger partial charge in [0.15, 0.2) is 11.5 Å². The number of nitrogens with zero attached hydrogens (tertiary/aromatic N) is 1. The molecule has 11 heteroatoms. The summed E-state index contributed by atoms with van der Waals surface area (Å²) in [6, 6.07) is 23.0. The lowest BCUT2D eigenvalue weighted by molar-refractivity contribution is -0.122. The van der Waals surface area contributed by atoms with E-state index in [-0.39, 0.29) is 17.9 Å². The number of carbonyl (C=O) groups excluding carboxylic acids is 3. The van der Waals surface area contributed by atoms with E-state index in [1.165, 1.54) is 6.08 Å². The Morgan fingerprint density at radius 3 is 2.24 bits per heavy atom. The number of halogens is 3. The fourth-order valence-electron chi connectivity index (χ4n) is 4.60. The zero-order valence-electron chi connectivity index (χ0n) is 24.2. The molecule has 0 bridgehead atoms. The van der Waals surface area contributed by atoms with Crippen LogP contribution in [0.2, 0.25) is 5.02 Å². The van der Waals surface area contributed by atoms with E-state index >= 15 is 0 Å². The van der Waals surface area contributed by atoms with Gasteiger partial charge in [-0.1, -0.05) is 54.1 Å². The Labute approximate surface area is 282 Å². The smallest absolute Gasteiger partial charge is 0.335 e. The van der Waals surface area contributed by atoms with Crippen LogP contribution in [0.5, 0.6) is 17.2 Å². The first-order valence-corrected chi connectivity index (χ1v) is 15.8. The molecule has 1 N–H and O–H groups in total. The molecule has 0 aromatic heterocycles. The molecule has 1 heterocycles. The Bertz CT molecular complexity index is 1790. The minimum Gasteiger partial charge on any atom is -0.490 e. The van der Waals surface area contributed by atoms with Crippen LogP contribution in [0.15, 0.2) is 93.4 Å². The van der Waals surface area contributed by atoms with Crippen molar-refractivity contribution in [1.29, 1.82) is 0 Å². The topological polar surface area (TPSA) is 94.2 Å². The molecule has 1 fully saturated rings. The number of anilines is 1. The van der Waals surface area contributed by atoms with Gasteiger partial charge in [0.1, 0.15) is 24.5 Å². The standard InChI is InChI=1S/C34H27Br2ClN2O6/c1-3-43-30-17-22(12-13-29(30)44-18-21-8-5-4-6-9-21)19-45-31-25(35)15-23(16-26(31)36)14-24-32(40)38-34(42)39(33(24)41)28-11-7-10-27(37)20(28)2/h4-17H,3,18-19H2,1-2H3,(H,38,40,42)/b24-14-. The van der Waals surface area contributed by atoms with E-state index in [4.69, 9.17) is 25.8 Å². The number of hydrogen-bond acceptors (Lipinski definition) is 6. The number of hydrogen-bond donors (Lipinski definition) is 1. The van der Waals surface area contributed by atoms with Gasteiger partial charge in [0.2, 0.25) is 0 Å². The van der Waals surface area contributed by atoms with Gasteiger partial charge in [-0.15, -0.1) is 0 Å². The van der Waals surface area contributed by atoms with E-state index in [9.17, 15) is 14.4 Å². The SMILES string of the molecule is CCOc1cc(COc2c(Br)cc(/C=C3/C(=O)NC(=O)N(c4cccc(Cl)c4C)C3=O)cc2Br)ccc1OCc1ccccc1. The highest BCUT2D eigenvalue weighted by Crippen LogP contribution is 2.37. The van der Waals surface area contributed by atoms with Crippen LogP contribution in [0.1, 0.15) is 29.2 Å². The second-order valence-electron chi connectivity index (χ2n) is 9.93. The number of rotatable bonds is 10. The lowest BCUT2D eigenvalue weighted by Gasteiger charge is -2.27. The maximum absolute atomic E-state index is 13.4. The monoisotopic (exact) mass is 752 g/mol. The van der Waals surface area contributed by atoms with Crippen molar-refractivity contribution < 1.29 is 28.6 Å². The van der Waals surface area contributed by atoms with Crippen LogP contribution in [0.4, 0.5) is 10.5 Å². The molecule has 0 aliphatic carbocycles. The Hall–Kier alpha value is -4.12. The van der Waals surface area contributed by atoms with Gasteiger partial charge >= 0.3 is 6.03 Å². The maximum atomic E-state index is 13.4. The molecular weight excluding hydrogens is 728 g/mol. The van der Waals surface area contributed by atoms with E-state index in [1.807, 2.05) is 55.5 Å². The summed E-state index contributed by atoms with van der Waals surface area (Å²) in [4.78, 5) is 39.7. The van der Waals surface area contributed by atoms with Crippen LogP contribution in [-0.2, 0) is 22.8 Å². The van der Waals surface area contributed by atoms with E-state index in [0.29, 0.717) is 55.6 Å². The molecule has 4 aromatic carbocycles. The quantitative estimate of drug-likeness (QED) is 0.129.